The maximum absolute atomic E-state index is 9.34. The van der Waals surface area contributed by atoms with E-state index in [0.717, 1.165) is 0 Å². The molecule has 3 atom stereocenters. The molecular formula is C7H14O4. The third-order valence-electron chi connectivity index (χ3n) is 2.05. The summed E-state index contributed by atoms with van der Waals surface area (Å²) in [6.45, 7) is 3.09. The zero-order valence-corrected chi connectivity index (χ0v) is 6.69. The van der Waals surface area contributed by atoms with Crippen molar-refractivity contribution < 1.29 is 20.1 Å². The molecule has 1 unspecified atom stereocenters. The number of aliphatic hydroxyl groups excluding tert-OH is 3. The minimum absolute atomic E-state index is 0.262. The topological polar surface area (TPSA) is 69.9 Å². The minimum Gasteiger partial charge on any atom is -0.394 e. The summed E-state index contributed by atoms with van der Waals surface area (Å²) in [5.74, 6) is 0. The van der Waals surface area contributed by atoms with Crippen molar-refractivity contribution in [3.05, 3.63) is 0 Å². The average Bonchev–Trinajstić information content (AvgIpc) is 2.13. The smallest absolute Gasteiger partial charge is 0.111 e. The lowest BCUT2D eigenvalue weighted by molar-refractivity contribution is -0.0689. The fourth-order valence-electron chi connectivity index (χ4n) is 1.29. The molecule has 1 aliphatic heterocycles. The molecule has 1 aliphatic rings. The largest absolute Gasteiger partial charge is 0.394 e. The van der Waals surface area contributed by atoms with Gasteiger partial charge in [0.15, 0.2) is 0 Å². The Labute approximate surface area is 65.4 Å². The van der Waals surface area contributed by atoms with Crippen LogP contribution in [0.15, 0.2) is 0 Å². The minimum atomic E-state index is -0.977. The predicted molar refractivity (Wildman–Crippen MR) is 38.1 cm³/mol. The van der Waals surface area contributed by atoms with Crippen molar-refractivity contribution in [1.82, 2.24) is 0 Å². The van der Waals surface area contributed by atoms with Gasteiger partial charge in [0, 0.05) is 0 Å². The van der Waals surface area contributed by atoms with Crippen molar-refractivity contribution in [3.8, 4) is 0 Å². The van der Waals surface area contributed by atoms with Crippen LogP contribution in [0.5, 0.6) is 0 Å². The third-order valence-corrected chi connectivity index (χ3v) is 2.05. The van der Waals surface area contributed by atoms with Gasteiger partial charge in [0.25, 0.3) is 0 Å². The lowest BCUT2D eigenvalue weighted by Crippen LogP contribution is -2.38. The summed E-state index contributed by atoms with van der Waals surface area (Å²) >= 11 is 0. The first-order valence-corrected chi connectivity index (χ1v) is 3.64. The van der Waals surface area contributed by atoms with E-state index in [-0.39, 0.29) is 6.61 Å². The zero-order valence-electron chi connectivity index (χ0n) is 6.69. The first-order valence-electron chi connectivity index (χ1n) is 3.64. The van der Waals surface area contributed by atoms with Crippen LogP contribution in [0.1, 0.15) is 13.8 Å². The van der Waals surface area contributed by atoms with E-state index in [1.165, 1.54) is 0 Å². The van der Waals surface area contributed by atoms with Gasteiger partial charge in [-0.25, -0.2) is 0 Å². The van der Waals surface area contributed by atoms with Gasteiger partial charge in [0.1, 0.15) is 18.3 Å². The Morgan fingerprint density at radius 3 is 2.09 bits per heavy atom. The Hall–Kier alpha value is -0.160. The Kier molecular flexibility index (Phi) is 2.20. The van der Waals surface area contributed by atoms with E-state index in [1.807, 2.05) is 0 Å². The molecule has 0 radical (unpaired) electrons. The highest BCUT2D eigenvalue weighted by molar-refractivity contribution is 4.96. The molecule has 0 saturated carbocycles. The molecule has 4 heteroatoms. The number of hydrogen-bond donors (Lipinski definition) is 3. The van der Waals surface area contributed by atoms with Gasteiger partial charge in [0.05, 0.1) is 12.2 Å². The van der Waals surface area contributed by atoms with Crippen LogP contribution in [0, 0.1) is 0 Å². The van der Waals surface area contributed by atoms with Gasteiger partial charge in [-0.3, -0.25) is 0 Å². The normalized spacial score (nSPS) is 42.8. The average molecular weight is 162 g/mol. The van der Waals surface area contributed by atoms with Gasteiger partial charge in [0.2, 0.25) is 0 Å². The summed E-state index contributed by atoms with van der Waals surface area (Å²) < 4.78 is 5.17. The van der Waals surface area contributed by atoms with Crippen molar-refractivity contribution in [2.45, 2.75) is 37.8 Å². The van der Waals surface area contributed by atoms with E-state index < -0.39 is 23.9 Å². The second-order valence-corrected chi connectivity index (χ2v) is 3.38. The van der Waals surface area contributed by atoms with Crippen LogP contribution in [0.25, 0.3) is 0 Å². The number of ether oxygens (including phenoxy) is 1. The second kappa shape index (κ2) is 2.71. The summed E-state index contributed by atoms with van der Waals surface area (Å²) in [5.41, 5.74) is -0.757. The van der Waals surface area contributed by atoms with Gasteiger partial charge >= 0.3 is 0 Å². The van der Waals surface area contributed by atoms with Crippen LogP contribution in [0.3, 0.4) is 0 Å². The lowest BCUT2D eigenvalue weighted by atomic mass is 9.99. The fraction of sp³-hybridized carbons (Fsp3) is 1.00. The SMILES string of the molecule is CC1(C)O[C@H](CO)[C@H](O)C1O. The molecule has 0 aliphatic carbocycles. The molecule has 4 nitrogen and oxygen atoms in total. The maximum atomic E-state index is 9.34. The van der Waals surface area contributed by atoms with E-state index >= 15 is 0 Å². The predicted octanol–water partition coefficient (Wildman–Crippen LogP) is -1.12. The van der Waals surface area contributed by atoms with E-state index in [2.05, 4.69) is 0 Å². The molecule has 1 heterocycles. The zero-order chi connectivity index (χ0) is 8.65. The highest BCUT2D eigenvalue weighted by Crippen LogP contribution is 2.29. The Balaban J connectivity index is 2.69. The molecular weight excluding hydrogens is 148 g/mol. The van der Waals surface area contributed by atoms with Crippen LogP contribution in [-0.2, 0) is 4.74 Å². The van der Waals surface area contributed by atoms with Crippen LogP contribution in [0.4, 0.5) is 0 Å². The van der Waals surface area contributed by atoms with Gasteiger partial charge in [-0.2, -0.15) is 0 Å². The number of hydrogen-bond acceptors (Lipinski definition) is 4. The lowest BCUT2D eigenvalue weighted by Gasteiger charge is -2.21. The standard InChI is InChI=1S/C7H14O4/c1-7(2)6(10)5(9)4(3-8)11-7/h4-6,8-10H,3H2,1-2H3/t4-,5+,6?/m1/s1. The third kappa shape index (κ3) is 1.39. The molecule has 66 valence electrons. The quantitative estimate of drug-likeness (QED) is 0.456. The summed E-state index contributed by atoms with van der Waals surface area (Å²) in [5, 5.41) is 27.3. The second-order valence-electron chi connectivity index (χ2n) is 3.38. The van der Waals surface area contributed by atoms with Crippen molar-refractivity contribution >= 4 is 0 Å². The molecule has 1 fully saturated rings. The molecule has 0 aromatic rings. The van der Waals surface area contributed by atoms with E-state index in [0.29, 0.717) is 0 Å². The highest BCUT2D eigenvalue weighted by atomic mass is 16.6. The van der Waals surface area contributed by atoms with Crippen LogP contribution >= 0.6 is 0 Å². The van der Waals surface area contributed by atoms with Crippen molar-refractivity contribution in [2.75, 3.05) is 6.61 Å². The van der Waals surface area contributed by atoms with E-state index in [1.54, 1.807) is 13.8 Å². The molecule has 3 N–H and O–H groups in total. The first-order chi connectivity index (χ1) is 4.99. The Morgan fingerprint density at radius 2 is 1.91 bits per heavy atom. The van der Waals surface area contributed by atoms with Gasteiger partial charge in [-0.05, 0) is 13.8 Å². The van der Waals surface area contributed by atoms with E-state index in [4.69, 9.17) is 9.84 Å². The van der Waals surface area contributed by atoms with Crippen molar-refractivity contribution in [2.24, 2.45) is 0 Å². The highest BCUT2D eigenvalue weighted by Gasteiger charge is 2.47. The molecule has 0 bridgehead atoms. The van der Waals surface area contributed by atoms with Crippen molar-refractivity contribution in [3.63, 3.8) is 0 Å². The maximum Gasteiger partial charge on any atom is 0.111 e. The monoisotopic (exact) mass is 162 g/mol. The van der Waals surface area contributed by atoms with Gasteiger partial charge in [-0.15, -0.1) is 0 Å². The summed E-state index contributed by atoms with van der Waals surface area (Å²) in [7, 11) is 0. The molecule has 0 aromatic heterocycles. The van der Waals surface area contributed by atoms with Gasteiger partial charge in [-0.1, -0.05) is 0 Å². The Morgan fingerprint density at radius 1 is 1.36 bits per heavy atom. The molecule has 1 saturated heterocycles. The van der Waals surface area contributed by atoms with Crippen molar-refractivity contribution in [1.29, 1.82) is 0 Å². The molecule has 0 aromatic carbocycles. The fourth-order valence-corrected chi connectivity index (χ4v) is 1.29. The summed E-state index contributed by atoms with van der Waals surface area (Å²) in [6, 6.07) is 0. The molecule has 1 rings (SSSR count). The van der Waals surface area contributed by atoms with Crippen LogP contribution in [-0.4, -0.2) is 45.8 Å². The molecule has 0 spiro atoms. The molecule has 0 amide bonds. The Bertz CT molecular complexity index is 145. The first kappa shape index (κ1) is 8.93. The number of rotatable bonds is 1. The van der Waals surface area contributed by atoms with Crippen LogP contribution < -0.4 is 0 Å². The summed E-state index contributed by atoms with van der Waals surface area (Å²) in [6.07, 6.45) is -2.55. The van der Waals surface area contributed by atoms with Crippen LogP contribution in [0.2, 0.25) is 0 Å². The molecule has 11 heavy (non-hydrogen) atoms. The number of aliphatic hydroxyl groups is 3. The van der Waals surface area contributed by atoms with Gasteiger partial charge < -0.3 is 20.1 Å². The summed E-state index contributed by atoms with van der Waals surface area (Å²) in [4.78, 5) is 0. The van der Waals surface area contributed by atoms with E-state index in [9.17, 15) is 10.2 Å².